The monoisotopic (exact) mass is 292 g/mol. The number of hydrogen-bond donors (Lipinski definition) is 1. The van der Waals surface area contributed by atoms with Crippen LogP contribution in [0, 0.1) is 0 Å². The molecule has 1 heterocycles. The fraction of sp³-hybridized carbons (Fsp3) is 0.562. The van der Waals surface area contributed by atoms with Crippen molar-refractivity contribution in [1.82, 2.24) is 10.2 Å². The number of rotatable bonds is 6. The maximum absolute atomic E-state index is 12.1. The maximum Gasteiger partial charge on any atom is 0.238 e. The predicted octanol–water partition coefficient (Wildman–Crippen LogP) is 1.94. The molecule has 1 N–H and O–H groups in total. The van der Waals surface area contributed by atoms with Gasteiger partial charge in [0.15, 0.2) is 0 Å². The van der Waals surface area contributed by atoms with Gasteiger partial charge in [-0.3, -0.25) is 10.1 Å². The van der Waals surface area contributed by atoms with E-state index >= 15 is 0 Å². The van der Waals surface area contributed by atoms with E-state index in [-0.39, 0.29) is 17.7 Å². The Morgan fingerprint density at radius 3 is 2.57 bits per heavy atom. The van der Waals surface area contributed by atoms with Crippen LogP contribution in [-0.2, 0) is 9.53 Å². The number of amides is 1. The highest BCUT2D eigenvalue weighted by atomic mass is 16.5. The van der Waals surface area contributed by atoms with Crippen molar-refractivity contribution in [2.24, 2.45) is 0 Å². The summed E-state index contributed by atoms with van der Waals surface area (Å²) >= 11 is 0. The number of nitrogens with zero attached hydrogens (tertiary/aromatic N) is 1. The third-order valence-corrected chi connectivity index (χ3v) is 3.60. The summed E-state index contributed by atoms with van der Waals surface area (Å²) in [5.41, 5.74) is 0.690. The van der Waals surface area contributed by atoms with Gasteiger partial charge in [0.25, 0.3) is 0 Å². The van der Waals surface area contributed by atoms with Crippen molar-refractivity contribution < 1.29 is 14.3 Å². The lowest BCUT2D eigenvalue weighted by Crippen LogP contribution is -2.43. The lowest BCUT2D eigenvalue weighted by molar-refractivity contribution is -0.132. The minimum Gasteiger partial charge on any atom is -0.497 e. The molecular weight excluding hydrogens is 268 g/mol. The van der Waals surface area contributed by atoms with Gasteiger partial charge < -0.3 is 14.4 Å². The van der Waals surface area contributed by atoms with E-state index in [1.807, 2.05) is 49.9 Å². The molecule has 2 rings (SSSR count). The number of benzene rings is 1. The molecule has 0 aromatic heterocycles. The molecule has 1 unspecified atom stereocenters. The first-order chi connectivity index (χ1) is 9.96. The summed E-state index contributed by atoms with van der Waals surface area (Å²) in [6, 6.07) is 7.78. The molecule has 1 amide bonds. The number of carbonyl (C=O) groups excluding carboxylic acids is 1. The van der Waals surface area contributed by atoms with Crippen LogP contribution < -0.4 is 10.1 Å². The SMILES string of the molecule is CCOC(C)(C)CN1C(=O)CNC1c1ccc(OC)cc1. The van der Waals surface area contributed by atoms with Gasteiger partial charge in [0.2, 0.25) is 5.91 Å². The lowest BCUT2D eigenvalue weighted by atomic mass is 10.1. The van der Waals surface area contributed by atoms with Crippen LogP contribution in [0.3, 0.4) is 0 Å². The van der Waals surface area contributed by atoms with Gasteiger partial charge in [-0.15, -0.1) is 0 Å². The van der Waals surface area contributed by atoms with E-state index in [2.05, 4.69) is 5.32 Å². The first-order valence-electron chi connectivity index (χ1n) is 7.27. The summed E-state index contributed by atoms with van der Waals surface area (Å²) in [5.74, 6) is 0.910. The molecule has 5 nitrogen and oxygen atoms in total. The molecule has 0 aliphatic carbocycles. The molecule has 0 saturated carbocycles. The van der Waals surface area contributed by atoms with Crippen LogP contribution in [0.5, 0.6) is 5.75 Å². The summed E-state index contributed by atoms with van der Waals surface area (Å²) in [4.78, 5) is 14.0. The average molecular weight is 292 g/mol. The Kier molecular flexibility index (Phi) is 4.85. The van der Waals surface area contributed by atoms with Crippen LogP contribution in [0.15, 0.2) is 24.3 Å². The predicted molar refractivity (Wildman–Crippen MR) is 81.2 cm³/mol. The zero-order valence-corrected chi connectivity index (χ0v) is 13.2. The minimum atomic E-state index is -0.360. The third-order valence-electron chi connectivity index (χ3n) is 3.60. The van der Waals surface area contributed by atoms with Crippen LogP contribution in [0.2, 0.25) is 0 Å². The van der Waals surface area contributed by atoms with Gasteiger partial charge in [-0.2, -0.15) is 0 Å². The summed E-state index contributed by atoms with van der Waals surface area (Å²) in [7, 11) is 1.64. The van der Waals surface area contributed by atoms with Gasteiger partial charge in [-0.25, -0.2) is 0 Å². The highest BCUT2D eigenvalue weighted by Gasteiger charge is 2.35. The molecule has 1 saturated heterocycles. The molecule has 116 valence electrons. The molecule has 1 fully saturated rings. The highest BCUT2D eigenvalue weighted by Crippen LogP contribution is 2.26. The van der Waals surface area contributed by atoms with E-state index in [1.54, 1.807) is 7.11 Å². The Hall–Kier alpha value is -1.59. The molecule has 1 aliphatic rings. The van der Waals surface area contributed by atoms with Gasteiger partial charge in [-0.1, -0.05) is 12.1 Å². The zero-order chi connectivity index (χ0) is 15.5. The molecule has 5 heteroatoms. The average Bonchev–Trinajstić information content (AvgIpc) is 2.80. The summed E-state index contributed by atoms with van der Waals surface area (Å²) in [6.45, 7) is 7.53. The largest absolute Gasteiger partial charge is 0.497 e. The van der Waals surface area contributed by atoms with E-state index in [4.69, 9.17) is 9.47 Å². The van der Waals surface area contributed by atoms with Gasteiger partial charge in [-0.05, 0) is 38.5 Å². The molecule has 1 aliphatic heterocycles. The summed E-state index contributed by atoms with van der Waals surface area (Å²) in [5, 5.41) is 3.25. The molecular formula is C16H24N2O3. The lowest BCUT2D eigenvalue weighted by Gasteiger charge is -2.33. The van der Waals surface area contributed by atoms with Crippen molar-refractivity contribution in [1.29, 1.82) is 0 Å². The molecule has 0 radical (unpaired) electrons. The Bertz CT molecular complexity index is 485. The highest BCUT2D eigenvalue weighted by molar-refractivity contribution is 5.81. The molecule has 1 atom stereocenters. The standard InChI is InChI=1S/C16H24N2O3/c1-5-21-16(2,3)11-18-14(19)10-17-15(18)12-6-8-13(20-4)9-7-12/h6-9,15,17H,5,10-11H2,1-4H3. The molecule has 1 aromatic rings. The van der Waals surface area contributed by atoms with E-state index in [9.17, 15) is 4.79 Å². The number of ether oxygens (including phenoxy) is 2. The van der Waals surface area contributed by atoms with E-state index < -0.39 is 0 Å². The normalized spacial score (nSPS) is 19.1. The molecule has 1 aromatic carbocycles. The van der Waals surface area contributed by atoms with Crippen LogP contribution in [0.25, 0.3) is 0 Å². The van der Waals surface area contributed by atoms with Crippen molar-refractivity contribution in [2.75, 3.05) is 26.8 Å². The Morgan fingerprint density at radius 2 is 2.00 bits per heavy atom. The Balaban J connectivity index is 2.15. The molecule has 0 bridgehead atoms. The van der Waals surface area contributed by atoms with Crippen LogP contribution in [-0.4, -0.2) is 43.2 Å². The van der Waals surface area contributed by atoms with Gasteiger partial charge in [0.1, 0.15) is 11.9 Å². The fourth-order valence-corrected chi connectivity index (χ4v) is 2.65. The Labute approximate surface area is 126 Å². The van der Waals surface area contributed by atoms with Crippen molar-refractivity contribution in [3.05, 3.63) is 29.8 Å². The minimum absolute atomic E-state index is 0.101. The quantitative estimate of drug-likeness (QED) is 0.870. The van der Waals surface area contributed by atoms with E-state index in [0.29, 0.717) is 19.7 Å². The topological polar surface area (TPSA) is 50.8 Å². The zero-order valence-electron chi connectivity index (χ0n) is 13.2. The van der Waals surface area contributed by atoms with E-state index in [0.717, 1.165) is 11.3 Å². The second-order valence-corrected chi connectivity index (χ2v) is 5.77. The van der Waals surface area contributed by atoms with Gasteiger partial charge >= 0.3 is 0 Å². The van der Waals surface area contributed by atoms with Crippen LogP contribution in [0.4, 0.5) is 0 Å². The van der Waals surface area contributed by atoms with Crippen LogP contribution in [0.1, 0.15) is 32.5 Å². The second-order valence-electron chi connectivity index (χ2n) is 5.77. The first kappa shape index (κ1) is 15.8. The van der Waals surface area contributed by atoms with Crippen molar-refractivity contribution >= 4 is 5.91 Å². The smallest absolute Gasteiger partial charge is 0.238 e. The Morgan fingerprint density at radius 1 is 1.33 bits per heavy atom. The molecule has 21 heavy (non-hydrogen) atoms. The molecule has 0 spiro atoms. The second kappa shape index (κ2) is 6.45. The van der Waals surface area contributed by atoms with Gasteiger partial charge in [0.05, 0.1) is 25.8 Å². The summed E-state index contributed by atoms with van der Waals surface area (Å²) < 4.78 is 10.9. The fourth-order valence-electron chi connectivity index (χ4n) is 2.65. The van der Waals surface area contributed by atoms with Crippen molar-refractivity contribution in [3.8, 4) is 5.75 Å². The van der Waals surface area contributed by atoms with Crippen molar-refractivity contribution in [3.63, 3.8) is 0 Å². The van der Waals surface area contributed by atoms with Crippen LogP contribution >= 0.6 is 0 Å². The third kappa shape index (κ3) is 3.74. The van der Waals surface area contributed by atoms with E-state index in [1.165, 1.54) is 0 Å². The summed E-state index contributed by atoms with van der Waals surface area (Å²) in [6.07, 6.45) is -0.108. The maximum atomic E-state index is 12.1. The number of nitrogens with one attached hydrogen (secondary N) is 1. The number of hydrogen-bond acceptors (Lipinski definition) is 4. The van der Waals surface area contributed by atoms with Crippen molar-refractivity contribution in [2.45, 2.75) is 32.5 Å². The number of methoxy groups -OCH3 is 1. The van der Waals surface area contributed by atoms with Gasteiger partial charge in [0, 0.05) is 6.61 Å². The number of carbonyl (C=O) groups is 1. The first-order valence-corrected chi connectivity index (χ1v) is 7.27.